The Bertz CT molecular complexity index is 2390. The quantitative estimate of drug-likeness (QED) is 0.217. The van der Waals surface area contributed by atoms with Gasteiger partial charge in [-0.05, 0) is 85.4 Å². The zero-order valence-electron chi connectivity index (χ0n) is 34.1. The van der Waals surface area contributed by atoms with E-state index in [1.165, 1.54) is 29.1 Å². The molecule has 4 aromatic rings. The SMILES string of the molecule is COc1nn(C)cc1C(=O)NS1(=O)=NC(=O)c2ccc3c(c2)N(C[C@@H]2CC[C@H]2[C@@H](OC)/C=C\[C@H](OCc2nccn2C)[C@H](C)C1)C[C@@]1(CCCc2cc(Cl)ccc21)CO3. The summed E-state index contributed by atoms with van der Waals surface area (Å²) in [4.78, 5) is 35.0. The summed E-state index contributed by atoms with van der Waals surface area (Å²) >= 11 is 6.50. The summed E-state index contributed by atoms with van der Waals surface area (Å²) in [6, 6.07) is 11.5. The summed E-state index contributed by atoms with van der Waals surface area (Å²) in [6.07, 6.45) is 13.1. The Morgan fingerprint density at radius 2 is 1.95 bits per heavy atom. The van der Waals surface area contributed by atoms with Crippen molar-refractivity contribution in [2.45, 2.75) is 63.3 Å². The Labute approximate surface area is 350 Å². The number of rotatable bonds is 7. The van der Waals surface area contributed by atoms with Gasteiger partial charge in [0, 0.05) is 74.8 Å². The van der Waals surface area contributed by atoms with Gasteiger partial charge in [-0.1, -0.05) is 36.7 Å². The van der Waals surface area contributed by atoms with Gasteiger partial charge in [0.05, 0.1) is 37.4 Å². The molecule has 4 aliphatic rings. The van der Waals surface area contributed by atoms with Gasteiger partial charge in [-0.3, -0.25) is 19.0 Å². The van der Waals surface area contributed by atoms with Gasteiger partial charge >= 0.3 is 0 Å². The predicted octanol–water partition coefficient (Wildman–Crippen LogP) is 6.07. The van der Waals surface area contributed by atoms with Crippen LogP contribution in [0.25, 0.3) is 0 Å². The summed E-state index contributed by atoms with van der Waals surface area (Å²) < 4.78 is 50.1. The minimum atomic E-state index is -3.81. The van der Waals surface area contributed by atoms with E-state index in [0.717, 1.165) is 42.8 Å². The molecule has 59 heavy (non-hydrogen) atoms. The van der Waals surface area contributed by atoms with E-state index in [4.69, 9.17) is 30.5 Å². The maximum absolute atomic E-state index is 15.1. The van der Waals surface area contributed by atoms with Crippen molar-refractivity contribution in [3.63, 3.8) is 0 Å². The van der Waals surface area contributed by atoms with Gasteiger partial charge in [0.1, 0.15) is 33.7 Å². The number of amides is 2. The summed E-state index contributed by atoms with van der Waals surface area (Å²) in [5.74, 6) is -0.253. The monoisotopic (exact) mass is 845 g/mol. The molecule has 14 nitrogen and oxygen atoms in total. The van der Waals surface area contributed by atoms with Gasteiger partial charge in [-0.15, -0.1) is 9.46 Å². The number of hydrogen-bond donors (Lipinski definition) is 1. The number of carbonyl (C=O) groups excluding carboxylic acids is 2. The molecule has 7 atom stereocenters. The third-order valence-corrected chi connectivity index (χ3v) is 14.7. The van der Waals surface area contributed by atoms with Crippen LogP contribution < -0.4 is 19.1 Å². The Hall–Kier alpha value is -4.70. The number of imidazole rings is 1. The van der Waals surface area contributed by atoms with Crippen molar-refractivity contribution < 1.29 is 32.7 Å². The van der Waals surface area contributed by atoms with Crippen molar-refractivity contribution in [2.75, 3.05) is 44.6 Å². The number of benzene rings is 2. The minimum absolute atomic E-state index is 0.0481. The summed E-state index contributed by atoms with van der Waals surface area (Å²) in [7, 11) is 2.85. The highest BCUT2D eigenvalue weighted by Gasteiger charge is 2.44. The Kier molecular flexibility index (Phi) is 11.7. The van der Waals surface area contributed by atoms with Crippen LogP contribution in [0.5, 0.6) is 11.6 Å². The van der Waals surface area contributed by atoms with Crippen molar-refractivity contribution in [2.24, 2.45) is 36.2 Å². The normalized spacial score (nSPS) is 28.6. The molecule has 2 amide bonds. The van der Waals surface area contributed by atoms with Crippen LogP contribution in [0.4, 0.5) is 5.69 Å². The van der Waals surface area contributed by atoms with E-state index in [0.29, 0.717) is 37.2 Å². The Morgan fingerprint density at radius 1 is 1.12 bits per heavy atom. The first-order valence-electron chi connectivity index (χ1n) is 20.2. The summed E-state index contributed by atoms with van der Waals surface area (Å²) in [5.41, 5.74) is 3.23. The predicted molar refractivity (Wildman–Crippen MR) is 224 cm³/mol. The van der Waals surface area contributed by atoms with Crippen molar-refractivity contribution >= 4 is 39.0 Å². The zero-order valence-corrected chi connectivity index (χ0v) is 35.7. The Balaban J connectivity index is 1.22. The second-order valence-corrected chi connectivity index (χ2v) is 18.9. The number of aryl methyl sites for hydroxylation is 3. The average molecular weight is 846 g/mol. The molecule has 0 saturated heterocycles. The number of fused-ring (bicyclic) bond motifs is 4. The number of anilines is 1. The van der Waals surface area contributed by atoms with Crippen molar-refractivity contribution in [1.29, 1.82) is 0 Å². The lowest BCUT2D eigenvalue weighted by atomic mass is 9.68. The molecule has 2 aliphatic heterocycles. The molecule has 1 saturated carbocycles. The molecule has 8 rings (SSSR count). The number of ether oxygens (including phenoxy) is 4. The van der Waals surface area contributed by atoms with Gasteiger partial charge < -0.3 is 28.4 Å². The zero-order chi connectivity index (χ0) is 41.5. The molecule has 1 spiro atoms. The van der Waals surface area contributed by atoms with E-state index in [-0.39, 0.29) is 46.8 Å². The number of nitrogens with one attached hydrogen (secondary N) is 1. The van der Waals surface area contributed by atoms with E-state index in [9.17, 15) is 9.59 Å². The van der Waals surface area contributed by atoms with Crippen molar-refractivity contribution in [3.05, 3.63) is 100 Å². The number of carbonyl (C=O) groups is 2. The van der Waals surface area contributed by atoms with Crippen LogP contribution in [0.2, 0.25) is 5.02 Å². The number of nitrogens with zero attached hydrogens (tertiary/aromatic N) is 6. The fourth-order valence-corrected chi connectivity index (χ4v) is 11.3. The molecule has 1 fully saturated rings. The molecule has 314 valence electrons. The molecule has 16 heteroatoms. The molecule has 2 aromatic carbocycles. The maximum Gasteiger partial charge on any atom is 0.286 e. The van der Waals surface area contributed by atoms with Crippen LogP contribution in [0.1, 0.15) is 70.3 Å². The van der Waals surface area contributed by atoms with E-state index >= 15 is 4.21 Å². The molecule has 4 heterocycles. The minimum Gasteiger partial charge on any atom is -0.490 e. The highest BCUT2D eigenvalue weighted by molar-refractivity contribution is 7.92. The fraction of sp³-hybridized carbons (Fsp3) is 0.488. The molecule has 2 bridgehead atoms. The van der Waals surface area contributed by atoms with Crippen LogP contribution in [0.15, 0.2) is 71.5 Å². The smallest absolute Gasteiger partial charge is 0.286 e. The van der Waals surface area contributed by atoms with Gasteiger partial charge in [0.15, 0.2) is 0 Å². The molecule has 0 radical (unpaired) electrons. The third kappa shape index (κ3) is 8.39. The maximum atomic E-state index is 15.1. The van der Waals surface area contributed by atoms with Crippen molar-refractivity contribution in [3.8, 4) is 11.6 Å². The molecule has 2 aliphatic carbocycles. The van der Waals surface area contributed by atoms with Crippen LogP contribution in [-0.4, -0.2) is 87.2 Å². The largest absolute Gasteiger partial charge is 0.490 e. The number of hydrogen-bond acceptors (Lipinski definition) is 10. The lowest BCUT2D eigenvalue weighted by Crippen LogP contribution is -2.49. The molecular formula is C43H52ClN7O7S. The van der Waals surface area contributed by atoms with Gasteiger partial charge in [-0.25, -0.2) is 9.19 Å². The van der Waals surface area contributed by atoms with Gasteiger partial charge in [0.25, 0.3) is 11.8 Å². The van der Waals surface area contributed by atoms with Crippen LogP contribution >= 0.6 is 11.6 Å². The van der Waals surface area contributed by atoms with Crippen LogP contribution in [0, 0.1) is 17.8 Å². The number of aromatic nitrogens is 4. The number of halogens is 1. The topological polar surface area (TPSA) is 151 Å². The first kappa shape index (κ1) is 41.1. The van der Waals surface area contributed by atoms with Crippen LogP contribution in [-0.2, 0) is 51.9 Å². The lowest BCUT2D eigenvalue weighted by Gasteiger charge is -2.46. The summed E-state index contributed by atoms with van der Waals surface area (Å²) in [6.45, 7) is 3.89. The van der Waals surface area contributed by atoms with E-state index in [2.05, 4.69) is 36.2 Å². The van der Waals surface area contributed by atoms with Gasteiger partial charge in [0.2, 0.25) is 5.88 Å². The average Bonchev–Trinajstić information content (AvgIpc) is 3.76. The molecule has 1 unspecified atom stereocenters. The number of methoxy groups -OCH3 is 2. The third-order valence-electron chi connectivity index (χ3n) is 12.5. The van der Waals surface area contributed by atoms with E-state index in [1.54, 1.807) is 32.5 Å². The Morgan fingerprint density at radius 3 is 2.69 bits per heavy atom. The van der Waals surface area contributed by atoms with Crippen molar-refractivity contribution in [1.82, 2.24) is 24.1 Å². The molecule has 1 N–H and O–H groups in total. The lowest BCUT2D eigenvalue weighted by molar-refractivity contribution is 0.00960. The van der Waals surface area contributed by atoms with E-state index < -0.39 is 33.8 Å². The van der Waals surface area contributed by atoms with E-state index in [1.807, 2.05) is 49.0 Å². The highest BCUT2D eigenvalue weighted by atomic mass is 35.5. The fourth-order valence-electron chi connectivity index (χ4n) is 9.23. The van der Waals surface area contributed by atoms with Gasteiger partial charge in [-0.2, -0.15) is 0 Å². The molecular weight excluding hydrogens is 794 g/mol. The molecule has 2 aromatic heterocycles. The second kappa shape index (κ2) is 16.7. The highest BCUT2D eigenvalue weighted by Crippen LogP contribution is 2.47. The van der Waals surface area contributed by atoms with Crippen LogP contribution in [0.3, 0.4) is 0 Å². The summed E-state index contributed by atoms with van der Waals surface area (Å²) in [5, 5.41) is 4.91. The standard InChI is InChI=1S/C43H52ClN7O7S/c1-27-24-59(54,48-41(53)33-22-50(3)46-42(33)56-5)47-40(52)29-9-13-38-35(20-29)51(25-43(26-58-38)16-6-7-28-19-31(44)10-12-34(28)43)21-30-8-11-32(30)37(55-4)15-14-36(27)57-23-39-45-17-18-49(39)2/h9-10,12-15,17-20,22,27,30,32,36-37H,6-8,11,16,21,23-26H2,1-5H3,(H,47,48,52,53,54)/b15-14-/t27-,30+,32-,36+,37+,43+,59?/m1/s1. The second-order valence-electron chi connectivity index (χ2n) is 16.4. The first-order valence-corrected chi connectivity index (χ1v) is 22.2. The first-order chi connectivity index (χ1) is 28.4.